The maximum absolute atomic E-state index is 12.6. The first-order valence-corrected chi connectivity index (χ1v) is 12.2. The maximum Gasteiger partial charge on any atom is 0.236 e. The lowest BCUT2D eigenvalue weighted by Gasteiger charge is -2.17. The Hall–Kier alpha value is -3.31. The molecule has 33 heavy (non-hydrogen) atoms. The van der Waals surface area contributed by atoms with Crippen LogP contribution in [0.1, 0.15) is 6.92 Å². The van der Waals surface area contributed by atoms with Crippen LogP contribution in [0.5, 0.6) is 17.2 Å². The number of ether oxygens (including phenoxy) is 3. The molecule has 3 heterocycles. The third-order valence-electron chi connectivity index (χ3n) is 5.01. The first-order chi connectivity index (χ1) is 16.2. The number of amides is 1. The van der Waals surface area contributed by atoms with Crippen molar-refractivity contribution < 1.29 is 19.0 Å². The summed E-state index contributed by atoms with van der Waals surface area (Å²) in [4.78, 5) is 17.1. The predicted octanol–water partition coefficient (Wildman–Crippen LogP) is 4.09. The van der Waals surface area contributed by atoms with Gasteiger partial charge in [-0.05, 0) is 19.1 Å². The van der Waals surface area contributed by atoms with Gasteiger partial charge in [0.15, 0.2) is 27.6 Å². The van der Waals surface area contributed by atoms with Gasteiger partial charge < -0.3 is 24.1 Å². The number of hydrogen-bond donors (Lipinski definition) is 1. The molecule has 0 fully saturated rings. The Morgan fingerprint density at radius 1 is 1.21 bits per heavy atom. The second kappa shape index (κ2) is 9.28. The van der Waals surface area contributed by atoms with Gasteiger partial charge in [-0.25, -0.2) is 4.98 Å². The normalized spacial score (nSPS) is 12.7. The van der Waals surface area contributed by atoms with E-state index < -0.39 is 0 Å². The molecule has 0 bridgehead atoms. The van der Waals surface area contributed by atoms with Crippen LogP contribution in [-0.2, 0) is 11.3 Å². The van der Waals surface area contributed by atoms with Crippen LogP contribution in [0.15, 0.2) is 41.6 Å². The van der Waals surface area contributed by atoms with Crippen LogP contribution in [0, 0.1) is 0 Å². The monoisotopic (exact) mass is 483 g/mol. The molecule has 0 unspecified atom stereocenters. The topological polar surface area (TPSA) is 100 Å². The molecule has 1 amide bonds. The summed E-state index contributed by atoms with van der Waals surface area (Å²) in [5.74, 6) is 2.83. The van der Waals surface area contributed by atoms with Gasteiger partial charge in [-0.2, -0.15) is 0 Å². The molecule has 0 aliphatic carbocycles. The quantitative estimate of drug-likeness (QED) is 0.393. The van der Waals surface area contributed by atoms with Gasteiger partial charge in [-0.1, -0.05) is 35.2 Å². The number of carbonyl (C=O) groups excluding carboxylic acids is 1. The highest BCUT2D eigenvalue weighted by Crippen LogP contribution is 2.38. The van der Waals surface area contributed by atoms with Crippen LogP contribution in [0.25, 0.3) is 21.6 Å². The van der Waals surface area contributed by atoms with Crippen LogP contribution in [-0.4, -0.2) is 51.7 Å². The fourth-order valence-electron chi connectivity index (χ4n) is 3.51. The number of anilines is 1. The summed E-state index contributed by atoms with van der Waals surface area (Å²) in [5.41, 5.74) is 1.62. The molecule has 9 nitrogen and oxygen atoms in total. The molecular formula is C22H21N5O4S2. The Morgan fingerprint density at radius 3 is 2.79 bits per heavy atom. The van der Waals surface area contributed by atoms with Crippen molar-refractivity contribution in [1.29, 1.82) is 0 Å². The van der Waals surface area contributed by atoms with E-state index in [-0.39, 0.29) is 11.7 Å². The summed E-state index contributed by atoms with van der Waals surface area (Å²) in [6, 6.07) is 11.4. The van der Waals surface area contributed by atoms with Gasteiger partial charge in [-0.15, -0.1) is 10.2 Å². The molecule has 0 spiro atoms. The lowest BCUT2D eigenvalue weighted by Crippen LogP contribution is -2.15. The van der Waals surface area contributed by atoms with Crippen molar-refractivity contribution in [2.45, 2.75) is 18.6 Å². The van der Waals surface area contributed by atoms with E-state index in [0.29, 0.717) is 47.4 Å². The Kier molecular flexibility index (Phi) is 6.05. The number of aromatic nitrogens is 4. The smallest absolute Gasteiger partial charge is 0.236 e. The zero-order chi connectivity index (χ0) is 22.8. The Balaban J connectivity index is 1.28. The zero-order valence-electron chi connectivity index (χ0n) is 18.0. The van der Waals surface area contributed by atoms with Crippen molar-refractivity contribution >= 4 is 44.4 Å². The lowest BCUT2D eigenvalue weighted by molar-refractivity contribution is -0.113. The number of nitrogens with one attached hydrogen (secondary N) is 1. The lowest BCUT2D eigenvalue weighted by atomic mass is 10.2. The van der Waals surface area contributed by atoms with E-state index in [2.05, 4.69) is 20.5 Å². The molecule has 4 aromatic rings. The van der Waals surface area contributed by atoms with Crippen molar-refractivity contribution in [2.75, 3.05) is 31.4 Å². The highest BCUT2D eigenvalue weighted by molar-refractivity contribution is 7.99. The third-order valence-corrected chi connectivity index (χ3v) is 6.91. The summed E-state index contributed by atoms with van der Waals surface area (Å²) < 4.78 is 19.6. The van der Waals surface area contributed by atoms with Gasteiger partial charge in [0, 0.05) is 18.7 Å². The number of rotatable bonds is 7. The summed E-state index contributed by atoms with van der Waals surface area (Å²) in [7, 11) is 1.63. The Bertz CT molecular complexity index is 1280. The maximum atomic E-state index is 12.6. The molecule has 170 valence electrons. The number of hydrogen-bond acceptors (Lipinski definition) is 9. The molecule has 0 atom stereocenters. The van der Waals surface area contributed by atoms with Crippen LogP contribution in [0.4, 0.5) is 5.13 Å². The van der Waals surface area contributed by atoms with E-state index in [9.17, 15) is 4.79 Å². The van der Waals surface area contributed by atoms with Crippen molar-refractivity contribution in [1.82, 2.24) is 19.7 Å². The minimum absolute atomic E-state index is 0.166. The van der Waals surface area contributed by atoms with E-state index in [1.165, 1.54) is 23.1 Å². The number of nitrogens with zero attached hydrogens (tertiary/aromatic N) is 4. The van der Waals surface area contributed by atoms with Gasteiger partial charge in [0.2, 0.25) is 5.91 Å². The van der Waals surface area contributed by atoms with E-state index in [1.54, 1.807) is 7.11 Å². The molecule has 0 saturated heterocycles. The number of methoxy groups -OCH3 is 1. The van der Waals surface area contributed by atoms with Crippen molar-refractivity contribution in [3.8, 4) is 28.6 Å². The third kappa shape index (κ3) is 4.33. The molecule has 1 N–H and O–H groups in total. The molecular weight excluding hydrogens is 462 g/mol. The number of thiazole rings is 1. The van der Waals surface area contributed by atoms with Gasteiger partial charge in [0.05, 0.1) is 28.6 Å². The predicted molar refractivity (Wildman–Crippen MR) is 128 cm³/mol. The van der Waals surface area contributed by atoms with E-state index in [1.807, 2.05) is 47.9 Å². The second-order valence-corrected chi connectivity index (χ2v) is 9.04. The largest absolute Gasteiger partial charge is 0.496 e. The van der Waals surface area contributed by atoms with Crippen molar-refractivity contribution in [3.05, 3.63) is 36.4 Å². The van der Waals surface area contributed by atoms with Gasteiger partial charge in [-0.3, -0.25) is 4.79 Å². The number of carbonyl (C=O) groups is 1. The molecule has 1 aliphatic heterocycles. The Morgan fingerprint density at radius 2 is 2.00 bits per heavy atom. The van der Waals surface area contributed by atoms with Gasteiger partial charge in [0.1, 0.15) is 19.0 Å². The fraction of sp³-hybridized carbons (Fsp3) is 0.273. The molecule has 11 heteroatoms. The number of benzene rings is 2. The summed E-state index contributed by atoms with van der Waals surface area (Å²) in [5, 5.41) is 12.7. The van der Waals surface area contributed by atoms with E-state index in [4.69, 9.17) is 14.2 Å². The molecule has 5 rings (SSSR count). The number of thioether (sulfide) groups is 1. The second-order valence-electron chi connectivity index (χ2n) is 7.07. The Labute approximate surface area is 198 Å². The van der Waals surface area contributed by atoms with Crippen LogP contribution < -0.4 is 19.5 Å². The fourth-order valence-corrected chi connectivity index (χ4v) is 5.21. The SMILES string of the molecule is CCn1c(SCC(=O)Nc2nc3cc4c(cc3s2)OCCO4)nnc1-c1ccccc1OC. The van der Waals surface area contributed by atoms with Crippen LogP contribution >= 0.6 is 23.1 Å². The zero-order valence-corrected chi connectivity index (χ0v) is 19.7. The summed E-state index contributed by atoms with van der Waals surface area (Å²) in [6.45, 7) is 3.72. The molecule has 0 radical (unpaired) electrons. The van der Waals surface area contributed by atoms with Gasteiger partial charge >= 0.3 is 0 Å². The minimum Gasteiger partial charge on any atom is -0.496 e. The molecule has 1 aliphatic rings. The number of para-hydroxylation sites is 1. The highest BCUT2D eigenvalue weighted by Gasteiger charge is 2.19. The van der Waals surface area contributed by atoms with E-state index >= 15 is 0 Å². The molecule has 2 aromatic heterocycles. The first-order valence-electron chi connectivity index (χ1n) is 10.4. The van der Waals surface area contributed by atoms with Crippen molar-refractivity contribution in [3.63, 3.8) is 0 Å². The average molecular weight is 484 g/mol. The van der Waals surface area contributed by atoms with Crippen molar-refractivity contribution in [2.24, 2.45) is 0 Å². The first kappa shape index (κ1) is 21.5. The van der Waals surface area contributed by atoms with Crippen LogP contribution in [0.3, 0.4) is 0 Å². The van der Waals surface area contributed by atoms with Gasteiger partial charge in [0.25, 0.3) is 0 Å². The standard InChI is InChI=1S/C22H21N5O4S2/c1-3-27-20(13-6-4-5-7-15(13)29-2)25-26-22(27)32-12-19(28)24-21-23-14-10-16-17(11-18(14)33-21)31-9-8-30-16/h4-7,10-11H,3,8-9,12H2,1-2H3,(H,23,24,28). The molecule has 2 aromatic carbocycles. The summed E-state index contributed by atoms with van der Waals surface area (Å²) in [6.07, 6.45) is 0. The summed E-state index contributed by atoms with van der Waals surface area (Å²) >= 11 is 2.73. The van der Waals surface area contributed by atoms with Crippen LogP contribution in [0.2, 0.25) is 0 Å². The molecule has 0 saturated carbocycles. The highest BCUT2D eigenvalue weighted by atomic mass is 32.2. The van der Waals surface area contributed by atoms with E-state index in [0.717, 1.165) is 21.5 Å². The average Bonchev–Trinajstić information content (AvgIpc) is 3.43. The minimum atomic E-state index is -0.166. The number of fused-ring (bicyclic) bond motifs is 2.